The van der Waals surface area contributed by atoms with Gasteiger partial charge in [-0.15, -0.1) is 24.0 Å². The van der Waals surface area contributed by atoms with Crippen molar-refractivity contribution in [3.05, 3.63) is 0 Å². The molecule has 114 valence electrons. The smallest absolute Gasteiger partial charge is 0.191 e. The third-order valence-electron chi connectivity index (χ3n) is 3.14. The van der Waals surface area contributed by atoms with E-state index in [9.17, 15) is 0 Å². The van der Waals surface area contributed by atoms with Crippen molar-refractivity contribution in [1.29, 1.82) is 0 Å². The first-order valence-corrected chi connectivity index (χ1v) is 7.02. The van der Waals surface area contributed by atoms with Crippen LogP contribution >= 0.6 is 24.0 Å². The summed E-state index contributed by atoms with van der Waals surface area (Å²) in [4.78, 5) is 6.39. The summed E-state index contributed by atoms with van der Waals surface area (Å²) in [6.07, 6.45) is 3.52. The first kappa shape index (κ1) is 18.9. The standard InChI is InChI=1S/C13H27N3O2.HI/c1-3-16(4-2)13(14)15-8-6-9-17-11-12-7-5-10-18-12;/h12H,3-11H2,1-2H3,(H2,14,15);1H. The third-order valence-corrected chi connectivity index (χ3v) is 3.14. The Kier molecular flexibility index (Phi) is 11.7. The Labute approximate surface area is 133 Å². The van der Waals surface area contributed by atoms with Gasteiger partial charge in [-0.2, -0.15) is 0 Å². The van der Waals surface area contributed by atoms with Crippen LogP contribution in [0.4, 0.5) is 0 Å². The maximum absolute atomic E-state index is 5.87. The van der Waals surface area contributed by atoms with Crippen molar-refractivity contribution in [3.8, 4) is 0 Å². The van der Waals surface area contributed by atoms with Crippen molar-refractivity contribution in [2.45, 2.75) is 39.2 Å². The molecular formula is C13H28IN3O2. The Hall–Kier alpha value is -0.0800. The van der Waals surface area contributed by atoms with E-state index in [0.717, 1.165) is 52.3 Å². The van der Waals surface area contributed by atoms with Gasteiger partial charge in [-0.05, 0) is 33.1 Å². The molecule has 0 amide bonds. The van der Waals surface area contributed by atoms with Crippen molar-refractivity contribution >= 4 is 29.9 Å². The predicted molar refractivity (Wildman–Crippen MR) is 89.2 cm³/mol. The molecule has 0 saturated carbocycles. The lowest BCUT2D eigenvalue weighted by Crippen LogP contribution is -2.37. The van der Waals surface area contributed by atoms with Crippen LogP contribution in [0.2, 0.25) is 0 Å². The summed E-state index contributed by atoms with van der Waals surface area (Å²) in [6, 6.07) is 0. The van der Waals surface area contributed by atoms with Gasteiger partial charge in [0.15, 0.2) is 5.96 Å². The summed E-state index contributed by atoms with van der Waals surface area (Å²) in [5.74, 6) is 0.638. The molecule has 0 aromatic rings. The van der Waals surface area contributed by atoms with E-state index >= 15 is 0 Å². The van der Waals surface area contributed by atoms with Crippen LogP contribution in [0.25, 0.3) is 0 Å². The maximum Gasteiger partial charge on any atom is 0.191 e. The summed E-state index contributed by atoms with van der Waals surface area (Å²) in [5, 5.41) is 0. The largest absolute Gasteiger partial charge is 0.379 e. The molecule has 5 nitrogen and oxygen atoms in total. The van der Waals surface area contributed by atoms with Gasteiger partial charge in [-0.3, -0.25) is 4.99 Å². The molecule has 1 aliphatic rings. The van der Waals surface area contributed by atoms with Gasteiger partial charge < -0.3 is 20.1 Å². The zero-order chi connectivity index (χ0) is 13.2. The van der Waals surface area contributed by atoms with E-state index in [1.807, 2.05) is 4.90 Å². The molecule has 1 saturated heterocycles. The second kappa shape index (κ2) is 11.7. The second-order valence-electron chi connectivity index (χ2n) is 4.48. The van der Waals surface area contributed by atoms with Gasteiger partial charge in [0.2, 0.25) is 0 Å². The number of aliphatic imine (C=N–C) groups is 1. The topological polar surface area (TPSA) is 60.1 Å². The zero-order valence-electron chi connectivity index (χ0n) is 12.1. The Morgan fingerprint density at radius 2 is 2.16 bits per heavy atom. The highest BCUT2D eigenvalue weighted by Crippen LogP contribution is 2.11. The SMILES string of the molecule is CCN(CC)C(N)=NCCCOCC1CCCO1.I. The minimum atomic E-state index is 0. The molecule has 1 heterocycles. The van der Waals surface area contributed by atoms with Crippen LogP contribution in [-0.4, -0.2) is 56.4 Å². The molecule has 0 aliphatic carbocycles. The van der Waals surface area contributed by atoms with Crippen LogP contribution in [0, 0.1) is 0 Å². The van der Waals surface area contributed by atoms with Gasteiger partial charge >= 0.3 is 0 Å². The van der Waals surface area contributed by atoms with Gasteiger partial charge in [0.25, 0.3) is 0 Å². The van der Waals surface area contributed by atoms with Gasteiger partial charge in [-0.1, -0.05) is 0 Å². The highest BCUT2D eigenvalue weighted by Gasteiger charge is 2.14. The molecule has 1 fully saturated rings. The average molecular weight is 385 g/mol. The van der Waals surface area contributed by atoms with Crippen molar-refractivity contribution in [1.82, 2.24) is 4.90 Å². The van der Waals surface area contributed by atoms with Crippen LogP contribution in [0.5, 0.6) is 0 Å². The fourth-order valence-electron chi connectivity index (χ4n) is 2.00. The van der Waals surface area contributed by atoms with Crippen molar-refractivity contribution in [2.24, 2.45) is 10.7 Å². The number of guanidine groups is 1. The average Bonchev–Trinajstić information content (AvgIpc) is 2.88. The number of nitrogens with zero attached hydrogens (tertiary/aromatic N) is 2. The molecule has 0 aromatic heterocycles. The number of hydrogen-bond acceptors (Lipinski definition) is 3. The number of halogens is 1. The minimum Gasteiger partial charge on any atom is -0.379 e. The van der Waals surface area contributed by atoms with E-state index in [1.165, 1.54) is 6.42 Å². The third kappa shape index (κ3) is 7.94. The lowest BCUT2D eigenvalue weighted by molar-refractivity contribution is 0.0170. The van der Waals surface area contributed by atoms with Crippen LogP contribution in [0.3, 0.4) is 0 Å². The molecule has 0 aromatic carbocycles. The van der Waals surface area contributed by atoms with Crippen molar-refractivity contribution < 1.29 is 9.47 Å². The second-order valence-corrected chi connectivity index (χ2v) is 4.48. The monoisotopic (exact) mass is 385 g/mol. The maximum atomic E-state index is 5.87. The molecule has 19 heavy (non-hydrogen) atoms. The van der Waals surface area contributed by atoms with Gasteiger partial charge in [0.05, 0.1) is 12.7 Å². The lowest BCUT2D eigenvalue weighted by atomic mass is 10.2. The lowest BCUT2D eigenvalue weighted by Gasteiger charge is -2.19. The molecule has 1 unspecified atom stereocenters. The van der Waals surface area contributed by atoms with E-state index in [0.29, 0.717) is 12.1 Å². The summed E-state index contributed by atoms with van der Waals surface area (Å²) in [6.45, 7) is 9.03. The van der Waals surface area contributed by atoms with E-state index < -0.39 is 0 Å². The molecule has 6 heteroatoms. The normalized spacial score (nSPS) is 19.3. The molecular weight excluding hydrogens is 357 g/mol. The number of ether oxygens (including phenoxy) is 2. The Morgan fingerprint density at radius 3 is 2.74 bits per heavy atom. The summed E-state index contributed by atoms with van der Waals surface area (Å²) < 4.78 is 11.0. The predicted octanol–water partition coefficient (Wildman–Crippen LogP) is 1.85. The minimum absolute atomic E-state index is 0. The molecule has 2 N–H and O–H groups in total. The van der Waals surface area contributed by atoms with Crippen LogP contribution in [0.1, 0.15) is 33.1 Å². The first-order chi connectivity index (χ1) is 8.77. The molecule has 0 spiro atoms. The van der Waals surface area contributed by atoms with Gasteiger partial charge in [-0.25, -0.2) is 0 Å². The van der Waals surface area contributed by atoms with Crippen LogP contribution in [-0.2, 0) is 9.47 Å². The molecule has 0 radical (unpaired) electrons. The number of rotatable bonds is 8. The summed E-state index contributed by atoms with van der Waals surface area (Å²) >= 11 is 0. The highest BCUT2D eigenvalue weighted by molar-refractivity contribution is 14.0. The Morgan fingerprint density at radius 1 is 1.42 bits per heavy atom. The van der Waals surface area contributed by atoms with E-state index in [2.05, 4.69) is 18.8 Å². The molecule has 1 rings (SSSR count). The molecule has 1 atom stereocenters. The highest BCUT2D eigenvalue weighted by atomic mass is 127. The van der Waals surface area contributed by atoms with E-state index in [1.54, 1.807) is 0 Å². The quantitative estimate of drug-likeness (QED) is 0.300. The Balaban J connectivity index is 0.00000324. The summed E-state index contributed by atoms with van der Waals surface area (Å²) in [5.41, 5.74) is 5.87. The van der Waals surface area contributed by atoms with Crippen LogP contribution in [0.15, 0.2) is 4.99 Å². The van der Waals surface area contributed by atoms with Crippen molar-refractivity contribution in [3.63, 3.8) is 0 Å². The Bertz CT molecular complexity index is 242. The van der Waals surface area contributed by atoms with Crippen LogP contribution < -0.4 is 5.73 Å². The number of hydrogen-bond donors (Lipinski definition) is 1. The van der Waals surface area contributed by atoms with Gasteiger partial charge in [0, 0.05) is 32.8 Å². The zero-order valence-corrected chi connectivity index (χ0v) is 14.5. The first-order valence-electron chi connectivity index (χ1n) is 7.02. The van der Waals surface area contributed by atoms with Crippen molar-refractivity contribution in [2.75, 3.05) is 39.5 Å². The molecule has 1 aliphatic heterocycles. The molecule has 0 bridgehead atoms. The van der Waals surface area contributed by atoms with Gasteiger partial charge in [0.1, 0.15) is 0 Å². The van der Waals surface area contributed by atoms with E-state index in [4.69, 9.17) is 15.2 Å². The number of nitrogens with two attached hydrogens (primary N) is 1. The fraction of sp³-hybridized carbons (Fsp3) is 0.923. The van der Waals surface area contributed by atoms with E-state index in [-0.39, 0.29) is 24.0 Å². The fourth-order valence-corrected chi connectivity index (χ4v) is 2.00. The summed E-state index contributed by atoms with van der Waals surface area (Å²) in [7, 11) is 0.